The highest BCUT2D eigenvalue weighted by atomic mass is 32.1. The zero-order valence-corrected chi connectivity index (χ0v) is 7.57. The van der Waals surface area contributed by atoms with Crippen molar-refractivity contribution in [2.24, 2.45) is 11.8 Å². The molecule has 9 heavy (non-hydrogen) atoms. The minimum atomic E-state index is 0.579. The van der Waals surface area contributed by atoms with E-state index in [0.29, 0.717) is 11.8 Å². The molecule has 0 atom stereocenters. The Bertz CT molecular complexity index is 101. The maximum Gasteiger partial charge on any atom is -0.0164 e. The first-order valence-electron chi connectivity index (χ1n) is 3.44. The van der Waals surface area contributed by atoms with Gasteiger partial charge in [0, 0.05) is 0 Å². The predicted molar refractivity (Wildman–Crippen MR) is 46.7 cm³/mol. The second-order valence-corrected chi connectivity index (χ2v) is 3.51. The Hall–Kier alpha value is 0.0900. The van der Waals surface area contributed by atoms with Crippen LogP contribution >= 0.6 is 12.6 Å². The third-order valence-electron chi connectivity index (χ3n) is 1.10. The Morgan fingerprint density at radius 2 is 1.67 bits per heavy atom. The lowest BCUT2D eigenvalue weighted by atomic mass is 10.1. The van der Waals surface area contributed by atoms with Crippen LogP contribution in [0.25, 0.3) is 0 Å². The molecular weight excluding hydrogens is 128 g/mol. The maximum atomic E-state index is 4.33. The van der Waals surface area contributed by atoms with E-state index in [0.717, 1.165) is 0 Å². The number of hydrogen-bond acceptors (Lipinski definition) is 1. The summed E-state index contributed by atoms with van der Waals surface area (Å²) in [6.07, 6.45) is 2.19. The van der Waals surface area contributed by atoms with Crippen molar-refractivity contribution in [2.75, 3.05) is 0 Å². The van der Waals surface area contributed by atoms with Gasteiger partial charge in [-0.15, -0.1) is 12.6 Å². The average molecular weight is 144 g/mol. The summed E-state index contributed by atoms with van der Waals surface area (Å²) in [5, 5.41) is 0. The lowest BCUT2D eigenvalue weighted by Crippen LogP contribution is -1.89. The molecule has 0 saturated carbocycles. The van der Waals surface area contributed by atoms with Crippen LogP contribution in [0.4, 0.5) is 0 Å². The van der Waals surface area contributed by atoms with Crippen molar-refractivity contribution in [1.82, 2.24) is 0 Å². The molecule has 54 valence electrons. The molecule has 0 aromatic carbocycles. The smallest absolute Gasteiger partial charge is 0.0164 e. The highest BCUT2D eigenvalue weighted by Gasteiger charge is 1.96. The van der Waals surface area contributed by atoms with Gasteiger partial charge in [0.25, 0.3) is 0 Å². The van der Waals surface area contributed by atoms with Gasteiger partial charge in [-0.1, -0.05) is 33.8 Å². The Kier molecular flexibility index (Phi) is 4.03. The van der Waals surface area contributed by atoms with Gasteiger partial charge in [0.1, 0.15) is 0 Å². The zero-order chi connectivity index (χ0) is 7.44. The third-order valence-corrected chi connectivity index (χ3v) is 1.76. The summed E-state index contributed by atoms with van der Waals surface area (Å²) in [4.78, 5) is 1.20. The fourth-order valence-electron chi connectivity index (χ4n) is 0.534. The summed E-state index contributed by atoms with van der Waals surface area (Å²) >= 11 is 4.33. The number of rotatable bonds is 2. The molecule has 0 N–H and O–H groups in total. The van der Waals surface area contributed by atoms with Gasteiger partial charge in [-0.05, 0) is 16.7 Å². The second kappa shape index (κ2) is 3.99. The van der Waals surface area contributed by atoms with E-state index in [-0.39, 0.29) is 0 Å². The average Bonchev–Trinajstić information content (AvgIpc) is 1.63. The lowest BCUT2D eigenvalue weighted by Gasteiger charge is -2.04. The summed E-state index contributed by atoms with van der Waals surface area (Å²) in [6.45, 7) is 8.64. The van der Waals surface area contributed by atoms with E-state index in [1.54, 1.807) is 0 Å². The van der Waals surface area contributed by atoms with Gasteiger partial charge in [-0.25, -0.2) is 0 Å². The topological polar surface area (TPSA) is 0 Å². The molecule has 0 amide bonds. The van der Waals surface area contributed by atoms with Crippen molar-refractivity contribution in [1.29, 1.82) is 0 Å². The van der Waals surface area contributed by atoms with Crippen LogP contribution in [0.3, 0.4) is 0 Å². The van der Waals surface area contributed by atoms with E-state index in [2.05, 4.69) is 46.4 Å². The molecule has 0 aliphatic carbocycles. The minimum Gasteiger partial charge on any atom is -0.148 e. The molecule has 0 aromatic rings. The molecular formula is C8H16S. The highest BCUT2D eigenvalue weighted by molar-refractivity contribution is 7.84. The molecule has 0 aliphatic heterocycles. The Morgan fingerprint density at radius 3 is 1.78 bits per heavy atom. The molecule has 0 rings (SSSR count). The standard InChI is InChI=1S/C8H16S/c1-6(2)5-8(9)7(3)4/h5-7,9H,1-4H3/b8-5-. The summed E-state index contributed by atoms with van der Waals surface area (Å²) in [5.74, 6) is 1.20. The van der Waals surface area contributed by atoms with E-state index in [9.17, 15) is 0 Å². The molecule has 0 spiro atoms. The van der Waals surface area contributed by atoms with Gasteiger partial charge in [0.2, 0.25) is 0 Å². The number of allylic oxidation sites excluding steroid dienone is 2. The van der Waals surface area contributed by atoms with Crippen molar-refractivity contribution < 1.29 is 0 Å². The van der Waals surface area contributed by atoms with Crippen molar-refractivity contribution in [2.45, 2.75) is 27.7 Å². The first-order chi connectivity index (χ1) is 4.04. The van der Waals surface area contributed by atoms with Crippen molar-refractivity contribution >= 4 is 12.6 Å². The summed E-state index contributed by atoms with van der Waals surface area (Å²) in [7, 11) is 0. The first kappa shape index (κ1) is 9.09. The second-order valence-electron chi connectivity index (χ2n) is 2.99. The van der Waals surface area contributed by atoms with E-state index in [1.807, 2.05) is 0 Å². The van der Waals surface area contributed by atoms with Crippen LogP contribution in [0.2, 0.25) is 0 Å². The van der Waals surface area contributed by atoms with Crippen LogP contribution in [-0.2, 0) is 0 Å². The van der Waals surface area contributed by atoms with Crippen LogP contribution in [0.1, 0.15) is 27.7 Å². The fourth-order valence-corrected chi connectivity index (χ4v) is 0.832. The quantitative estimate of drug-likeness (QED) is 0.566. The molecule has 0 heterocycles. The molecule has 0 radical (unpaired) electrons. The van der Waals surface area contributed by atoms with Crippen LogP contribution in [0, 0.1) is 11.8 Å². The fraction of sp³-hybridized carbons (Fsp3) is 0.750. The summed E-state index contributed by atoms with van der Waals surface area (Å²) in [6, 6.07) is 0. The van der Waals surface area contributed by atoms with E-state index < -0.39 is 0 Å². The molecule has 1 heteroatoms. The molecule has 0 bridgehead atoms. The Morgan fingerprint density at radius 1 is 1.22 bits per heavy atom. The molecule has 0 saturated heterocycles. The predicted octanol–water partition coefficient (Wildman–Crippen LogP) is 3.11. The lowest BCUT2D eigenvalue weighted by molar-refractivity contribution is 0.770. The van der Waals surface area contributed by atoms with Gasteiger partial charge in [0.15, 0.2) is 0 Å². The van der Waals surface area contributed by atoms with Crippen LogP contribution < -0.4 is 0 Å². The van der Waals surface area contributed by atoms with Crippen molar-refractivity contribution in [3.8, 4) is 0 Å². The van der Waals surface area contributed by atoms with Crippen LogP contribution in [0.15, 0.2) is 11.0 Å². The number of hydrogen-bond donors (Lipinski definition) is 1. The normalized spacial score (nSPS) is 13.4. The van der Waals surface area contributed by atoms with Crippen LogP contribution in [0.5, 0.6) is 0 Å². The molecule has 0 nitrogen and oxygen atoms in total. The van der Waals surface area contributed by atoms with Crippen molar-refractivity contribution in [3.63, 3.8) is 0 Å². The van der Waals surface area contributed by atoms with Crippen LogP contribution in [-0.4, -0.2) is 0 Å². The van der Waals surface area contributed by atoms with E-state index in [1.165, 1.54) is 4.91 Å². The van der Waals surface area contributed by atoms with Gasteiger partial charge < -0.3 is 0 Å². The third kappa shape index (κ3) is 4.58. The Labute approximate surface area is 63.8 Å². The van der Waals surface area contributed by atoms with Gasteiger partial charge >= 0.3 is 0 Å². The van der Waals surface area contributed by atoms with Gasteiger partial charge in [-0.3, -0.25) is 0 Å². The summed E-state index contributed by atoms with van der Waals surface area (Å²) in [5.41, 5.74) is 0. The van der Waals surface area contributed by atoms with Gasteiger partial charge in [-0.2, -0.15) is 0 Å². The maximum absolute atomic E-state index is 4.33. The van der Waals surface area contributed by atoms with Gasteiger partial charge in [0.05, 0.1) is 0 Å². The first-order valence-corrected chi connectivity index (χ1v) is 3.89. The summed E-state index contributed by atoms with van der Waals surface area (Å²) < 4.78 is 0. The monoisotopic (exact) mass is 144 g/mol. The highest BCUT2D eigenvalue weighted by Crippen LogP contribution is 2.15. The van der Waals surface area contributed by atoms with Crippen molar-refractivity contribution in [3.05, 3.63) is 11.0 Å². The SMILES string of the molecule is CC(C)/C=C(\S)C(C)C. The zero-order valence-electron chi connectivity index (χ0n) is 6.68. The largest absolute Gasteiger partial charge is 0.148 e. The molecule has 0 aliphatic rings. The molecule has 0 aromatic heterocycles. The molecule has 0 unspecified atom stereocenters. The van der Waals surface area contributed by atoms with E-state index >= 15 is 0 Å². The number of thiol groups is 1. The minimum absolute atomic E-state index is 0.579. The molecule has 0 fully saturated rings. The van der Waals surface area contributed by atoms with E-state index in [4.69, 9.17) is 0 Å². The Balaban J connectivity index is 3.84.